The number of anilines is 1. The van der Waals surface area contributed by atoms with E-state index >= 15 is 0 Å². The summed E-state index contributed by atoms with van der Waals surface area (Å²) >= 11 is 1.81. The van der Waals surface area contributed by atoms with E-state index in [1.54, 1.807) is 0 Å². The molecule has 1 aromatic rings. The first-order valence-electron chi connectivity index (χ1n) is 4.43. The highest BCUT2D eigenvalue weighted by Gasteiger charge is 2.13. The first-order chi connectivity index (χ1) is 5.88. The average molecular weight is 195 g/mol. The number of benzene rings is 1. The summed E-state index contributed by atoms with van der Waals surface area (Å²) in [7, 11) is 0. The Bertz CT molecular complexity index is 299. The van der Waals surface area contributed by atoms with Crippen LogP contribution in [0.15, 0.2) is 23.1 Å². The van der Waals surface area contributed by atoms with Crippen molar-refractivity contribution < 1.29 is 0 Å². The molecule has 0 aliphatic carbocycles. The van der Waals surface area contributed by atoms with Crippen molar-refractivity contribution in [3.63, 3.8) is 0 Å². The summed E-state index contributed by atoms with van der Waals surface area (Å²) in [5, 5.41) is 0. The second-order valence-corrected chi connectivity index (χ2v) is 6.12. The Labute approximate surface area is 84.7 Å². The third kappa shape index (κ3) is 3.31. The van der Waals surface area contributed by atoms with Gasteiger partial charge in [-0.15, -0.1) is 11.8 Å². The van der Waals surface area contributed by atoms with Crippen molar-refractivity contribution in [3.8, 4) is 0 Å². The van der Waals surface area contributed by atoms with Gasteiger partial charge >= 0.3 is 0 Å². The van der Waals surface area contributed by atoms with Crippen molar-refractivity contribution in [3.05, 3.63) is 23.8 Å². The van der Waals surface area contributed by atoms with E-state index in [9.17, 15) is 0 Å². The molecule has 1 nitrogen and oxygen atoms in total. The van der Waals surface area contributed by atoms with Crippen LogP contribution < -0.4 is 5.73 Å². The van der Waals surface area contributed by atoms with Gasteiger partial charge < -0.3 is 5.73 Å². The number of rotatable bonds is 1. The largest absolute Gasteiger partial charge is 0.398 e. The first kappa shape index (κ1) is 10.5. The van der Waals surface area contributed by atoms with Crippen LogP contribution in [0.3, 0.4) is 0 Å². The second kappa shape index (κ2) is 3.62. The summed E-state index contributed by atoms with van der Waals surface area (Å²) in [6, 6.07) is 6.22. The molecule has 0 aromatic heterocycles. The Morgan fingerprint density at radius 1 is 1.23 bits per heavy atom. The molecule has 0 fully saturated rings. The standard InChI is InChI=1S/C11H17NS/c1-8-5-6-10(9(12)7-8)13-11(2,3)4/h5-7H,12H2,1-4H3. The van der Waals surface area contributed by atoms with Gasteiger partial charge in [-0.1, -0.05) is 26.8 Å². The first-order valence-corrected chi connectivity index (χ1v) is 5.25. The Balaban J connectivity index is 2.90. The maximum Gasteiger partial charge on any atom is 0.0455 e. The molecule has 0 heterocycles. The van der Waals surface area contributed by atoms with Crippen LogP contribution >= 0.6 is 11.8 Å². The van der Waals surface area contributed by atoms with Gasteiger partial charge in [0.05, 0.1) is 0 Å². The van der Waals surface area contributed by atoms with Gasteiger partial charge in [0.1, 0.15) is 0 Å². The average Bonchev–Trinajstić information content (AvgIpc) is 1.93. The molecule has 72 valence electrons. The fourth-order valence-electron chi connectivity index (χ4n) is 1.09. The molecule has 2 N–H and O–H groups in total. The van der Waals surface area contributed by atoms with E-state index in [-0.39, 0.29) is 4.75 Å². The minimum absolute atomic E-state index is 0.226. The quantitative estimate of drug-likeness (QED) is 0.548. The monoisotopic (exact) mass is 195 g/mol. The Morgan fingerprint density at radius 3 is 2.31 bits per heavy atom. The molecule has 0 radical (unpaired) electrons. The van der Waals surface area contributed by atoms with Gasteiger partial charge in [-0.2, -0.15) is 0 Å². The van der Waals surface area contributed by atoms with Gasteiger partial charge in [0.15, 0.2) is 0 Å². The molecule has 0 bridgehead atoms. The number of hydrogen-bond acceptors (Lipinski definition) is 2. The highest BCUT2D eigenvalue weighted by molar-refractivity contribution is 8.00. The van der Waals surface area contributed by atoms with Crippen LogP contribution in [-0.2, 0) is 0 Å². The summed E-state index contributed by atoms with van der Waals surface area (Å²) in [6.45, 7) is 8.63. The summed E-state index contributed by atoms with van der Waals surface area (Å²) in [6.07, 6.45) is 0. The van der Waals surface area contributed by atoms with Crippen LogP contribution in [-0.4, -0.2) is 4.75 Å². The molecule has 0 amide bonds. The predicted octanol–water partition coefficient (Wildman–Crippen LogP) is 3.47. The van der Waals surface area contributed by atoms with Gasteiger partial charge in [-0.25, -0.2) is 0 Å². The van der Waals surface area contributed by atoms with E-state index in [4.69, 9.17) is 5.73 Å². The maximum atomic E-state index is 5.91. The number of hydrogen-bond donors (Lipinski definition) is 1. The molecule has 1 rings (SSSR count). The number of nitrogens with two attached hydrogens (primary N) is 1. The van der Waals surface area contributed by atoms with Crippen molar-refractivity contribution in [2.75, 3.05) is 5.73 Å². The van der Waals surface area contributed by atoms with Crippen LogP contribution in [0.2, 0.25) is 0 Å². The highest BCUT2D eigenvalue weighted by atomic mass is 32.2. The third-order valence-corrected chi connectivity index (χ3v) is 2.79. The van der Waals surface area contributed by atoms with E-state index in [2.05, 4.69) is 39.8 Å². The van der Waals surface area contributed by atoms with Gasteiger partial charge in [0.25, 0.3) is 0 Å². The van der Waals surface area contributed by atoms with Crippen molar-refractivity contribution >= 4 is 17.4 Å². The van der Waals surface area contributed by atoms with Gasteiger partial charge in [0, 0.05) is 15.3 Å². The zero-order valence-corrected chi connectivity index (χ0v) is 9.53. The van der Waals surface area contributed by atoms with E-state index < -0.39 is 0 Å². The normalized spacial score (nSPS) is 11.7. The zero-order chi connectivity index (χ0) is 10.1. The topological polar surface area (TPSA) is 26.0 Å². The van der Waals surface area contributed by atoms with Crippen molar-refractivity contribution in [2.24, 2.45) is 0 Å². The Kier molecular flexibility index (Phi) is 2.91. The van der Waals surface area contributed by atoms with Crippen molar-refractivity contribution in [1.82, 2.24) is 0 Å². The lowest BCUT2D eigenvalue weighted by Gasteiger charge is -2.18. The SMILES string of the molecule is Cc1ccc(SC(C)(C)C)c(N)c1. The van der Waals surface area contributed by atoms with Crippen LogP contribution in [0.5, 0.6) is 0 Å². The van der Waals surface area contributed by atoms with E-state index in [1.165, 1.54) is 10.5 Å². The minimum atomic E-state index is 0.226. The fraction of sp³-hybridized carbons (Fsp3) is 0.455. The highest BCUT2D eigenvalue weighted by Crippen LogP contribution is 2.35. The van der Waals surface area contributed by atoms with E-state index in [1.807, 2.05) is 17.8 Å². The molecule has 1 aromatic carbocycles. The van der Waals surface area contributed by atoms with Gasteiger partial charge in [0.2, 0.25) is 0 Å². The summed E-state index contributed by atoms with van der Waals surface area (Å²) < 4.78 is 0.226. The lowest BCUT2D eigenvalue weighted by molar-refractivity contribution is 0.803. The van der Waals surface area contributed by atoms with E-state index in [0.29, 0.717) is 0 Å². The molecule has 0 saturated heterocycles. The summed E-state index contributed by atoms with van der Waals surface area (Å²) in [5.41, 5.74) is 8.01. The van der Waals surface area contributed by atoms with Crippen LogP contribution in [0, 0.1) is 6.92 Å². The molecule has 0 spiro atoms. The van der Waals surface area contributed by atoms with Gasteiger partial charge in [-0.05, 0) is 24.6 Å². The Morgan fingerprint density at radius 2 is 1.85 bits per heavy atom. The van der Waals surface area contributed by atoms with Gasteiger partial charge in [-0.3, -0.25) is 0 Å². The summed E-state index contributed by atoms with van der Waals surface area (Å²) in [4.78, 5) is 1.18. The minimum Gasteiger partial charge on any atom is -0.398 e. The summed E-state index contributed by atoms with van der Waals surface area (Å²) in [5.74, 6) is 0. The number of thioether (sulfide) groups is 1. The molecule has 0 unspecified atom stereocenters. The van der Waals surface area contributed by atoms with Crippen molar-refractivity contribution in [1.29, 1.82) is 0 Å². The molecule has 2 heteroatoms. The zero-order valence-electron chi connectivity index (χ0n) is 8.72. The Hall–Kier alpha value is -0.630. The third-order valence-electron chi connectivity index (χ3n) is 1.58. The lowest BCUT2D eigenvalue weighted by Crippen LogP contribution is -2.07. The van der Waals surface area contributed by atoms with Crippen LogP contribution in [0.1, 0.15) is 26.3 Å². The number of aryl methyl sites for hydroxylation is 1. The lowest BCUT2D eigenvalue weighted by atomic mass is 10.2. The maximum absolute atomic E-state index is 5.91. The van der Waals surface area contributed by atoms with Crippen LogP contribution in [0.25, 0.3) is 0 Å². The smallest absolute Gasteiger partial charge is 0.0455 e. The van der Waals surface area contributed by atoms with E-state index in [0.717, 1.165) is 5.69 Å². The second-order valence-electron chi connectivity index (χ2n) is 4.26. The fourth-order valence-corrected chi connectivity index (χ4v) is 2.06. The number of nitrogen functional groups attached to an aromatic ring is 1. The predicted molar refractivity (Wildman–Crippen MR) is 61.2 cm³/mol. The molecular formula is C11H17NS. The van der Waals surface area contributed by atoms with Crippen molar-refractivity contribution in [2.45, 2.75) is 37.3 Å². The molecule has 0 aliphatic rings. The molecule has 13 heavy (non-hydrogen) atoms. The molecular weight excluding hydrogens is 178 g/mol. The molecule has 0 saturated carbocycles. The molecule has 0 aliphatic heterocycles. The van der Waals surface area contributed by atoms with Crippen LogP contribution in [0.4, 0.5) is 5.69 Å². The molecule has 0 atom stereocenters.